The fourth-order valence-electron chi connectivity index (χ4n) is 4.53. The Morgan fingerprint density at radius 1 is 0.946 bits per heavy atom. The van der Waals surface area contributed by atoms with Crippen LogP contribution in [-0.2, 0) is 9.59 Å². The SMILES string of the molecule is CC(C)(C)N1CC(C(=O)Nc2ccc(Cl)cc2)C(c2ccc(/C=C/C(=O)Nc3ccccc3N)cc2)C1. The van der Waals surface area contributed by atoms with Gasteiger partial charge in [-0.25, -0.2) is 0 Å². The van der Waals surface area contributed by atoms with Crippen LogP contribution in [0.5, 0.6) is 0 Å². The van der Waals surface area contributed by atoms with Crippen molar-refractivity contribution in [2.24, 2.45) is 5.92 Å². The molecule has 4 N–H and O–H groups in total. The van der Waals surface area contributed by atoms with Crippen LogP contribution in [0.15, 0.2) is 78.9 Å². The summed E-state index contributed by atoms with van der Waals surface area (Å²) in [5, 5.41) is 6.48. The largest absolute Gasteiger partial charge is 0.397 e. The molecule has 2 unspecified atom stereocenters. The summed E-state index contributed by atoms with van der Waals surface area (Å²) in [5.41, 5.74) is 9.68. The van der Waals surface area contributed by atoms with Gasteiger partial charge in [-0.3, -0.25) is 14.5 Å². The molecule has 2 atom stereocenters. The van der Waals surface area contributed by atoms with E-state index in [1.54, 1.807) is 30.3 Å². The number of carbonyl (C=O) groups excluding carboxylic acids is 2. The van der Waals surface area contributed by atoms with E-state index in [1.165, 1.54) is 6.08 Å². The van der Waals surface area contributed by atoms with Crippen LogP contribution in [0.4, 0.5) is 17.1 Å². The molecule has 6 nitrogen and oxygen atoms in total. The van der Waals surface area contributed by atoms with Crippen molar-refractivity contribution in [3.8, 4) is 0 Å². The van der Waals surface area contributed by atoms with Crippen molar-refractivity contribution in [1.82, 2.24) is 4.90 Å². The van der Waals surface area contributed by atoms with Crippen LogP contribution in [0.2, 0.25) is 5.02 Å². The number of benzene rings is 3. The lowest BCUT2D eigenvalue weighted by atomic mass is 9.88. The molecule has 192 valence electrons. The van der Waals surface area contributed by atoms with Gasteiger partial charge in [-0.2, -0.15) is 0 Å². The second-order valence-electron chi connectivity index (χ2n) is 10.4. The molecule has 0 saturated carbocycles. The number of nitrogens with zero attached hydrogens (tertiary/aromatic N) is 1. The Hall–Kier alpha value is -3.61. The van der Waals surface area contributed by atoms with Crippen LogP contribution < -0.4 is 16.4 Å². The summed E-state index contributed by atoms with van der Waals surface area (Å²) in [7, 11) is 0. The van der Waals surface area contributed by atoms with E-state index in [-0.39, 0.29) is 29.2 Å². The molecule has 1 aliphatic rings. The average Bonchev–Trinajstić information content (AvgIpc) is 3.32. The summed E-state index contributed by atoms with van der Waals surface area (Å²) < 4.78 is 0. The van der Waals surface area contributed by atoms with Gasteiger partial charge >= 0.3 is 0 Å². The van der Waals surface area contributed by atoms with Crippen molar-refractivity contribution in [3.05, 3.63) is 95.0 Å². The van der Waals surface area contributed by atoms with E-state index in [2.05, 4.69) is 36.3 Å². The minimum absolute atomic E-state index is 0.0000918. The van der Waals surface area contributed by atoms with Crippen molar-refractivity contribution in [2.75, 3.05) is 29.5 Å². The van der Waals surface area contributed by atoms with Gasteiger partial charge in [0, 0.05) is 41.3 Å². The maximum atomic E-state index is 13.3. The van der Waals surface area contributed by atoms with Gasteiger partial charge in [-0.15, -0.1) is 0 Å². The van der Waals surface area contributed by atoms with Crippen LogP contribution in [0.25, 0.3) is 6.08 Å². The Labute approximate surface area is 223 Å². The number of carbonyl (C=O) groups is 2. The van der Waals surface area contributed by atoms with Gasteiger partial charge < -0.3 is 16.4 Å². The third-order valence-corrected chi connectivity index (χ3v) is 6.98. The summed E-state index contributed by atoms with van der Waals surface area (Å²) in [4.78, 5) is 28.0. The Bertz CT molecular complexity index is 1280. The van der Waals surface area contributed by atoms with Crippen LogP contribution in [-0.4, -0.2) is 35.3 Å². The number of nitrogens with two attached hydrogens (primary N) is 1. The van der Waals surface area contributed by atoms with Crippen LogP contribution in [0.1, 0.15) is 37.8 Å². The van der Waals surface area contributed by atoms with E-state index in [0.29, 0.717) is 22.9 Å². The highest BCUT2D eigenvalue weighted by molar-refractivity contribution is 6.30. The van der Waals surface area contributed by atoms with Crippen molar-refractivity contribution in [3.63, 3.8) is 0 Å². The van der Waals surface area contributed by atoms with Crippen LogP contribution in [0, 0.1) is 5.92 Å². The van der Waals surface area contributed by atoms with E-state index in [9.17, 15) is 9.59 Å². The monoisotopic (exact) mass is 516 g/mol. The van der Waals surface area contributed by atoms with Gasteiger partial charge in [0.2, 0.25) is 11.8 Å². The molecule has 0 bridgehead atoms. The number of halogens is 1. The predicted octanol–water partition coefficient (Wildman–Crippen LogP) is 6.03. The number of para-hydroxylation sites is 2. The molecular weight excluding hydrogens is 484 g/mol. The third-order valence-electron chi connectivity index (χ3n) is 6.73. The number of nitrogen functional groups attached to an aromatic ring is 1. The summed E-state index contributed by atoms with van der Waals surface area (Å²) in [6, 6.07) is 22.4. The quantitative estimate of drug-likeness (QED) is 0.276. The zero-order chi connectivity index (χ0) is 26.6. The lowest BCUT2D eigenvalue weighted by molar-refractivity contribution is -0.120. The number of rotatable bonds is 6. The predicted molar refractivity (Wildman–Crippen MR) is 153 cm³/mol. The molecule has 37 heavy (non-hydrogen) atoms. The first kappa shape index (κ1) is 26.5. The average molecular weight is 517 g/mol. The first-order chi connectivity index (χ1) is 17.6. The first-order valence-electron chi connectivity index (χ1n) is 12.3. The number of hydrogen-bond acceptors (Lipinski definition) is 4. The number of anilines is 3. The Morgan fingerprint density at radius 3 is 2.27 bits per heavy atom. The van der Waals surface area contributed by atoms with E-state index in [1.807, 2.05) is 48.5 Å². The minimum Gasteiger partial charge on any atom is -0.397 e. The second-order valence-corrected chi connectivity index (χ2v) is 10.8. The lowest BCUT2D eigenvalue weighted by Crippen LogP contribution is -2.40. The van der Waals surface area contributed by atoms with Crippen molar-refractivity contribution < 1.29 is 9.59 Å². The first-order valence-corrected chi connectivity index (χ1v) is 12.7. The van der Waals surface area contributed by atoms with Gasteiger partial charge in [-0.05, 0) is 74.4 Å². The molecule has 1 fully saturated rings. The van der Waals surface area contributed by atoms with E-state index in [4.69, 9.17) is 17.3 Å². The molecule has 4 rings (SSSR count). The van der Waals surface area contributed by atoms with Gasteiger partial charge in [0.15, 0.2) is 0 Å². The molecule has 3 aromatic carbocycles. The summed E-state index contributed by atoms with van der Waals surface area (Å²) >= 11 is 5.99. The maximum Gasteiger partial charge on any atom is 0.248 e. The third kappa shape index (κ3) is 6.79. The smallest absolute Gasteiger partial charge is 0.248 e. The molecule has 1 heterocycles. The molecule has 7 heteroatoms. The Balaban J connectivity index is 1.47. The summed E-state index contributed by atoms with van der Waals surface area (Å²) in [5.74, 6) is -0.398. The number of likely N-dealkylation sites (tertiary alicyclic amines) is 1. The molecular formula is C30H33ClN4O2. The van der Waals surface area contributed by atoms with Crippen molar-refractivity contribution in [2.45, 2.75) is 32.2 Å². The molecule has 0 aliphatic carbocycles. The van der Waals surface area contributed by atoms with Gasteiger partial charge in [0.1, 0.15) is 0 Å². The van der Waals surface area contributed by atoms with Crippen LogP contribution >= 0.6 is 11.6 Å². The van der Waals surface area contributed by atoms with E-state index < -0.39 is 0 Å². The van der Waals surface area contributed by atoms with Gasteiger partial charge in [0.05, 0.1) is 17.3 Å². The topological polar surface area (TPSA) is 87.5 Å². The zero-order valence-corrected chi connectivity index (χ0v) is 22.1. The summed E-state index contributed by atoms with van der Waals surface area (Å²) in [6.07, 6.45) is 3.25. The lowest BCUT2D eigenvalue weighted by Gasteiger charge is -2.31. The highest BCUT2D eigenvalue weighted by atomic mass is 35.5. The Morgan fingerprint density at radius 2 is 1.62 bits per heavy atom. The fraction of sp³-hybridized carbons (Fsp3) is 0.267. The second kappa shape index (κ2) is 11.2. The van der Waals surface area contributed by atoms with Gasteiger partial charge in [-0.1, -0.05) is 48.0 Å². The zero-order valence-electron chi connectivity index (χ0n) is 21.4. The number of hydrogen-bond donors (Lipinski definition) is 3. The highest BCUT2D eigenvalue weighted by Crippen LogP contribution is 2.37. The Kier molecular flexibility index (Phi) is 8.00. The highest BCUT2D eigenvalue weighted by Gasteiger charge is 2.42. The van der Waals surface area contributed by atoms with E-state index in [0.717, 1.165) is 23.4 Å². The molecule has 0 spiro atoms. The molecule has 1 aliphatic heterocycles. The minimum atomic E-state index is -0.252. The van der Waals surface area contributed by atoms with Crippen LogP contribution in [0.3, 0.4) is 0 Å². The number of amides is 2. The standard InChI is InChI=1S/C30H33ClN4O2/c1-30(2,3)35-18-24(25(19-35)29(37)33-23-15-13-22(31)14-16-23)21-11-8-20(9-12-21)10-17-28(36)34-27-7-5-4-6-26(27)32/h4-17,24-25H,18-19,32H2,1-3H3,(H,33,37)(H,34,36)/b17-10+. The molecule has 0 aromatic heterocycles. The number of nitrogens with one attached hydrogen (secondary N) is 2. The molecule has 0 radical (unpaired) electrons. The molecule has 2 amide bonds. The fourth-order valence-corrected chi connectivity index (χ4v) is 4.66. The normalized spacial score (nSPS) is 18.2. The van der Waals surface area contributed by atoms with Crippen molar-refractivity contribution in [1.29, 1.82) is 0 Å². The van der Waals surface area contributed by atoms with E-state index >= 15 is 0 Å². The van der Waals surface area contributed by atoms with Gasteiger partial charge in [0.25, 0.3) is 0 Å². The molecule has 3 aromatic rings. The van der Waals surface area contributed by atoms with Crippen molar-refractivity contribution >= 4 is 46.6 Å². The maximum absolute atomic E-state index is 13.3. The molecule has 1 saturated heterocycles. The summed E-state index contributed by atoms with van der Waals surface area (Å²) in [6.45, 7) is 7.99.